The summed E-state index contributed by atoms with van der Waals surface area (Å²) in [6.45, 7) is 5.07. The van der Waals surface area contributed by atoms with Crippen LogP contribution in [0.1, 0.15) is 38.3 Å². The van der Waals surface area contributed by atoms with E-state index < -0.39 is 0 Å². The van der Waals surface area contributed by atoms with E-state index in [-0.39, 0.29) is 6.04 Å². The quantitative estimate of drug-likeness (QED) is 0.808. The number of rotatable bonds is 7. The predicted molar refractivity (Wildman–Crippen MR) is 76.9 cm³/mol. The van der Waals surface area contributed by atoms with E-state index >= 15 is 0 Å². The SMILES string of the molecule is CCCC(C)N(C)C(CN)c1ccccc1OC. The molecule has 0 saturated heterocycles. The lowest BCUT2D eigenvalue weighted by atomic mass is 10.0. The van der Waals surface area contributed by atoms with Crippen molar-refractivity contribution in [3.63, 3.8) is 0 Å². The molecule has 2 unspecified atom stereocenters. The molecule has 0 aromatic heterocycles. The molecule has 0 radical (unpaired) electrons. The molecule has 0 spiro atoms. The number of benzene rings is 1. The fourth-order valence-electron chi connectivity index (χ4n) is 2.38. The minimum atomic E-state index is 0.211. The zero-order valence-corrected chi connectivity index (χ0v) is 12.0. The molecule has 0 aliphatic heterocycles. The summed E-state index contributed by atoms with van der Waals surface area (Å²) in [5, 5.41) is 0. The molecule has 2 N–H and O–H groups in total. The summed E-state index contributed by atoms with van der Waals surface area (Å²) in [4.78, 5) is 2.35. The van der Waals surface area contributed by atoms with Crippen molar-refractivity contribution in [3.05, 3.63) is 29.8 Å². The summed E-state index contributed by atoms with van der Waals surface area (Å²) in [5.41, 5.74) is 7.14. The lowest BCUT2D eigenvalue weighted by molar-refractivity contribution is 0.177. The van der Waals surface area contributed by atoms with Gasteiger partial charge < -0.3 is 10.5 Å². The van der Waals surface area contributed by atoms with E-state index in [4.69, 9.17) is 10.5 Å². The minimum absolute atomic E-state index is 0.211. The van der Waals surface area contributed by atoms with Gasteiger partial charge in [0.05, 0.1) is 13.2 Å². The molecule has 0 aliphatic carbocycles. The maximum Gasteiger partial charge on any atom is 0.123 e. The first-order valence-corrected chi connectivity index (χ1v) is 6.70. The maximum absolute atomic E-state index is 5.97. The van der Waals surface area contributed by atoms with Gasteiger partial charge in [0.1, 0.15) is 5.75 Å². The highest BCUT2D eigenvalue weighted by molar-refractivity contribution is 5.36. The zero-order valence-electron chi connectivity index (χ0n) is 12.0. The average molecular weight is 250 g/mol. The summed E-state index contributed by atoms with van der Waals surface area (Å²) in [7, 11) is 3.85. The van der Waals surface area contributed by atoms with Crippen LogP contribution in [0.4, 0.5) is 0 Å². The first kappa shape index (κ1) is 15.0. The molecule has 0 saturated carbocycles. The van der Waals surface area contributed by atoms with Crippen molar-refractivity contribution in [2.45, 2.75) is 38.8 Å². The number of nitrogens with zero attached hydrogens (tertiary/aromatic N) is 1. The van der Waals surface area contributed by atoms with Gasteiger partial charge in [0, 0.05) is 18.2 Å². The summed E-state index contributed by atoms with van der Waals surface area (Å²) in [6.07, 6.45) is 2.37. The third-order valence-corrected chi connectivity index (χ3v) is 3.61. The van der Waals surface area contributed by atoms with E-state index in [1.807, 2.05) is 18.2 Å². The van der Waals surface area contributed by atoms with Crippen molar-refractivity contribution >= 4 is 0 Å². The lowest BCUT2D eigenvalue weighted by Crippen LogP contribution is -2.37. The third-order valence-electron chi connectivity index (χ3n) is 3.61. The highest BCUT2D eigenvalue weighted by Gasteiger charge is 2.22. The summed E-state index contributed by atoms with van der Waals surface area (Å²) < 4.78 is 5.44. The Morgan fingerprint density at radius 1 is 1.33 bits per heavy atom. The van der Waals surface area contributed by atoms with Gasteiger partial charge in [0.15, 0.2) is 0 Å². The molecule has 0 amide bonds. The first-order valence-electron chi connectivity index (χ1n) is 6.70. The van der Waals surface area contributed by atoms with E-state index in [1.54, 1.807) is 7.11 Å². The molecule has 1 aromatic carbocycles. The van der Waals surface area contributed by atoms with Crippen LogP contribution in [0.3, 0.4) is 0 Å². The second-order valence-electron chi connectivity index (χ2n) is 4.80. The van der Waals surface area contributed by atoms with E-state index in [0.717, 1.165) is 5.75 Å². The van der Waals surface area contributed by atoms with Crippen LogP contribution in [-0.4, -0.2) is 31.6 Å². The number of hydrogen-bond acceptors (Lipinski definition) is 3. The Morgan fingerprint density at radius 3 is 2.56 bits per heavy atom. The monoisotopic (exact) mass is 250 g/mol. The first-order chi connectivity index (χ1) is 8.65. The van der Waals surface area contributed by atoms with Gasteiger partial charge in [0.2, 0.25) is 0 Å². The molecule has 1 rings (SSSR count). The Balaban J connectivity index is 2.94. The molecule has 3 nitrogen and oxygen atoms in total. The van der Waals surface area contributed by atoms with Crippen molar-refractivity contribution in [1.29, 1.82) is 0 Å². The molecular weight excluding hydrogens is 224 g/mol. The number of hydrogen-bond donors (Lipinski definition) is 1. The maximum atomic E-state index is 5.97. The van der Waals surface area contributed by atoms with Crippen LogP contribution in [-0.2, 0) is 0 Å². The standard InChI is InChI=1S/C15H26N2O/c1-5-8-12(2)17(3)14(11-16)13-9-6-7-10-15(13)18-4/h6-7,9-10,12,14H,5,8,11,16H2,1-4H3. The Hall–Kier alpha value is -1.06. The largest absolute Gasteiger partial charge is 0.496 e. The molecule has 0 aliphatic rings. The number of nitrogens with two attached hydrogens (primary N) is 1. The van der Waals surface area contributed by atoms with Crippen molar-refractivity contribution < 1.29 is 4.74 Å². The van der Waals surface area contributed by atoms with E-state index in [2.05, 4.69) is 31.9 Å². The van der Waals surface area contributed by atoms with E-state index in [1.165, 1.54) is 18.4 Å². The molecule has 3 heteroatoms. The van der Waals surface area contributed by atoms with Gasteiger partial charge in [-0.1, -0.05) is 31.5 Å². The van der Waals surface area contributed by atoms with Gasteiger partial charge in [-0.25, -0.2) is 0 Å². The molecule has 0 bridgehead atoms. The minimum Gasteiger partial charge on any atom is -0.496 e. The van der Waals surface area contributed by atoms with Crippen molar-refractivity contribution in [3.8, 4) is 5.75 Å². The van der Waals surface area contributed by atoms with Gasteiger partial charge in [-0.3, -0.25) is 4.90 Å². The highest BCUT2D eigenvalue weighted by Crippen LogP contribution is 2.29. The van der Waals surface area contributed by atoms with Gasteiger partial charge >= 0.3 is 0 Å². The molecule has 0 heterocycles. The highest BCUT2D eigenvalue weighted by atomic mass is 16.5. The average Bonchev–Trinajstić information content (AvgIpc) is 2.40. The normalized spacial score (nSPS) is 14.6. The van der Waals surface area contributed by atoms with Crippen LogP contribution in [0.25, 0.3) is 0 Å². The summed E-state index contributed by atoms with van der Waals surface area (Å²) in [5.74, 6) is 0.920. The number of para-hydroxylation sites is 1. The van der Waals surface area contributed by atoms with Crippen LogP contribution < -0.4 is 10.5 Å². The van der Waals surface area contributed by atoms with Crippen molar-refractivity contribution in [1.82, 2.24) is 4.90 Å². The van der Waals surface area contributed by atoms with Crippen LogP contribution in [0.5, 0.6) is 5.75 Å². The Labute approximate surface area is 111 Å². The van der Waals surface area contributed by atoms with Gasteiger partial charge in [-0.15, -0.1) is 0 Å². The zero-order chi connectivity index (χ0) is 13.5. The van der Waals surface area contributed by atoms with Crippen molar-refractivity contribution in [2.24, 2.45) is 5.73 Å². The predicted octanol–water partition coefficient (Wildman–Crippen LogP) is 2.82. The van der Waals surface area contributed by atoms with Crippen LogP contribution in [0.2, 0.25) is 0 Å². The Morgan fingerprint density at radius 2 is 2.00 bits per heavy atom. The smallest absolute Gasteiger partial charge is 0.123 e. The van der Waals surface area contributed by atoms with E-state index in [9.17, 15) is 0 Å². The molecule has 2 atom stereocenters. The third kappa shape index (κ3) is 3.47. The second-order valence-corrected chi connectivity index (χ2v) is 4.80. The molecule has 1 aromatic rings. The van der Waals surface area contributed by atoms with Gasteiger partial charge in [0.25, 0.3) is 0 Å². The Bertz CT molecular complexity index is 354. The number of ether oxygens (including phenoxy) is 1. The number of likely N-dealkylation sites (N-methyl/N-ethyl adjacent to an activating group) is 1. The van der Waals surface area contributed by atoms with E-state index in [0.29, 0.717) is 12.6 Å². The fourth-order valence-corrected chi connectivity index (χ4v) is 2.38. The summed E-state index contributed by atoms with van der Waals surface area (Å²) >= 11 is 0. The van der Waals surface area contributed by atoms with Crippen molar-refractivity contribution in [2.75, 3.05) is 20.7 Å². The van der Waals surface area contributed by atoms with Gasteiger partial charge in [-0.2, -0.15) is 0 Å². The molecular formula is C15H26N2O. The molecule has 0 fully saturated rings. The fraction of sp³-hybridized carbons (Fsp3) is 0.600. The topological polar surface area (TPSA) is 38.5 Å². The van der Waals surface area contributed by atoms with Crippen LogP contribution >= 0.6 is 0 Å². The number of methoxy groups -OCH3 is 1. The molecule has 102 valence electrons. The Kier molecular flexibility index (Phi) is 6.16. The summed E-state index contributed by atoms with van der Waals surface area (Å²) in [6, 6.07) is 8.86. The van der Waals surface area contributed by atoms with Crippen LogP contribution in [0, 0.1) is 0 Å². The second kappa shape index (κ2) is 7.39. The molecule has 18 heavy (non-hydrogen) atoms. The lowest BCUT2D eigenvalue weighted by Gasteiger charge is -2.33. The van der Waals surface area contributed by atoms with Crippen LogP contribution in [0.15, 0.2) is 24.3 Å². The van der Waals surface area contributed by atoms with Gasteiger partial charge in [-0.05, 0) is 26.5 Å².